The number of piperidine rings is 1. The molecular weight excluding hydrogens is 572 g/mol. The molecule has 4 rings (SSSR count). The Morgan fingerprint density at radius 2 is 1.64 bits per heavy atom. The van der Waals surface area contributed by atoms with Gasteiger partial charge in [-0.1, -0.05) is 64.1 Å². The highest BCUT2D eigenvalue weighted by Crippen LogP contribution is 2.29. The molecule has 3 aromatic rings. The topological polar surface area (TPSA) is 129 Å². The first kappa shape index (κ1) is 31.7. The molecule has 0 aliphatic carbocycles. The van der Waals surface area contributed by atoms with Crippen molar-refractivity contribution in [3.63, 3.8) is 0 Å². The number of carbonyl (C=O) groups excluding carboxylic acids is 1. The molecule has 0 spiro atoms. The van der Waals surface area contributed by atoms with Crippen LogP contribution in [0.3, 0.4) is 0 Å². The van der Waals surface area contributed by atoms with Crippen LogP contribution in [-0.2, 0) is 32.6 Å². The molecule has 1 aliphatic heterocycles. The van der Waals surface area contributed by atoms with E-state index in [1.807, 2.05) is 41.8 Å². The molecule has 1 aromatic heterocycles. The first-order valence-electron chi connectivity index (χ1n) is 14.3. The van der Waals surface area contributed by atoms with Crippen LogP contribution in [-0.4, -0.2) is 53.3 Å². The number of aromatic nitrogens is 1. The molecule has 2 atom stereocenters. The highest BCUT2D eigenvalue weighted by atomic mass is 32.2. The van der Waals surface area contributed by atoms with Gasteiger partial charge in [-0.2, -0.15) is 4.31 Å². The molecule has 2 aromatic carbocycles. The van der Waals surface area contributed by atoms with Gasteiger partial charge in [0.05, 0.1) is 17.0 Å². The van der Waals surface area contributed by atoms with Gasteiger partial charge in [0.1, 0.15) is 6.04 Å². The number of anilines is 1. The van der Waals surface area contributed by atoms with Crippen LogP contribution in [0.5, 0.6) is 0 Å². The number of nitrogens with one attached hydrogen (secondary N) is 2. The Morgan fingerprint density at radius 1 is 1.02 bits per heavy atom. The maximum absolute atomic E-state index is 13.8. The number of hydrogen-bond donors (Lipinski definition) is 3. The van der Waals surface area contributed by atoms with Crippen molar-refractivity contribution in [1.82, 2.24) is 14.6 Å². The van der Waals surface area contributed by atoms with Crippen molar-refractivity contribution in [1.29, 1.82) is 0 Å². The maximum Gasteiger partial charge on any atom is 0.303 e. The number of benzene rings is 2. The van der Waals surface area contributed by atoms with Crippen molar-refractivity contribution >= 4 is 38.4 Å². The Bertz CT molecular complexity index is 1470. The molecule has 2 heterocycles. The summed E-state index contributed by atoms with van der Waals surface area (Å²) in [6.07, 6.45) is 1.10. The summed E-state index contributed by atoms with van der Waals surface area (Å²) < 4.78 is 29.0. The first-order chi connectivity index (χ1) is 19.9. The number of carbonyl (C=O) groups is 2. The van der Waals surface area contributed by atoms with Crippen LogP contribution in [0.25, 0.3) is 0 Å². The summed E-state index contributed by atoms with van der Waals surface area (Å²) in [4.78, 5) is 29.2. The third-order valence-corrected chi connectivity index (χ3v) is 10.3. The van der Waals surface area contributed by atoms with Crippen LogP contribution in [0.1, 0.15) is 81.2 Å². The molecule has 42 heavy (non-hydrogen) atoms. The van der Waals surface area contributed by atoms with Gasteiger partial charge in [0.2, 0.25) is 15.9 Å². The summed E-state index contributed by atoms with van der Waals surface area (Å²) in [5.74, 6) is -0.556. The highest BCUT2D eigenvalue weighted by molar-refractivity contribution is 7.89. The zero-order chi connectivity index (χ0) is 30.4. The second kappa shape index (κ2) is 13.8. The molecule has 0 saturated carbocycles. The van der Waals surface area contributed by atoms with Crippen molar-refractivity contribution in [2.45, 2.75) is 88.7 Å². The van der Waals surface area contributed by atoms with Crippen LogP contribution < -0.4 is 10.6 Å². The second-order valence-electron chi connectivity index (χ2n) is 11.4. The lowest BCUT2D eigenvalue weighted by molar-refractivity contribution is -0.137. The lowest BCUT2D eigenvalue weighted by Crippen LogP contribution is -2.55. The van der Waals surface area contributed by atoms with E-state index in [0.717, 1.165) is 11.1 Å². The number of carboxylic acid groups (broad SMARTS) is 1. The molecule has 1 amide bonds. The third-order valence-electron chi connectivity index (χ3n) is 7.60. The maximum atomic E-state index is 13.8. The summed E-state index contributed by atoms with van der Waals surface area (Å²) in [6.45, 7) is 8.81. The average molecular weight is 613 g/mol. The third kappa shape index (κ3) is 7.96. The summed E-state index contributed by atoms with van der Waals surface area (Å²) >= 11 is 1.37. The van der Waals surface area contributed by atoms with E-state index in [1.54, 1.807) is 12.1 Å². The van der Waals surface area contributed by atoms with E-state index in [9.17, 15) is 18.0 Å². The van der Waals surface area contributed by atoms with E-state index < -0.39 is 22.0 Å². The summed E-state index contributed by atoms with van der Waals surface area (Å²) in [7, 11) is -3.93. The lowest BCUT2D eigenvalue weighted by atomic mass is 9.98. The Morgan fingerprint density at radius 3 is 2.24 bits per heavy atom. The SMILES string of the molecule is CC(C)c1ccc(CNC(=O)[C@H]2C[C@H](Nc3nc(CCC(=O)O)cs3)CCN2S(=O)(=O)c2ccc(C(C)C)cc2)cc1. The van der Waals surface area contributed by atoms with Gasteiger partial charge in [-0.25, -0.2) is 13.4 Å². The summed E-state index contributed by atoms with van der Waals surface area (Å²) in [5, 5.41) is 17.7. The van der Waals surface area contributed by atoms with Gasteiger partial charge < -0.3 is 15.7 Å². The van der Waals surface area contributed by atoms with Gasteiger partial charge in [0, 0.05) is 30.9 Å². The van der Waals surface area contributed by atoms with E-state index in [1.165, 1.54) is 21.2 Å². The number of aryl methyl sites for hydroxylation is 1. The Kier molecular flexibility index (Phi) is 10.4. The van der Waals surface area contributed by atoms with Crippen LogP contribution in [0.15, 0.2) is 58.8 Å². The normalized spacial score (nSPS) is 17.9. The molecule has 1 fully saturated rings. The second-order valence-corrected chi connectivity index (χ2v) is 14.1. The molecule has 9 nitrogen and oxygen atoms in total. The molecule has 1 aliphatic rings. The molecule has 0 radical (unpaired) electrons. The minimum absolute atomic E-state index is 0.0000113. The monoisotopic (exact) mass is 612 g/mol. The predicted octanol–water partition coefficient (Wildman–Crippen LogP) is 5.36. The largest absolute Gasteiger partial charge is 0.481 e. The van der Waals surface area contributed by atoms with Crippen LogP contribution in [0.2, 0.25) is 0 Å². The van der Waals surface area contributed by atoms with Gasteiger partial charge in [-0.3, -0.25) is 9.59 Å². The number of thiazole rings is 1. The molecule has 3 N–H and O–H groups in total. The molecule has 1 saturated heterocycles. The van der Waals surface area contributed by atoms with Crippen molar-refractivity contribution < 1.29 is 23.1 Å². The van der Waals surface area contributed by atoms with E-state index in [4.69, 9.17) is 5.11 Å². The Hall–Kier alpha value is -3.28. The van der Waals surface area contributed by atoms with Crippen LogP contribution in [0, 0.1) is 0 Å². The quantitative estimate of drug-likeness (QED) is 0.251. The smallest absolute Gasteiger partial charge is 0.303 e. The minimum Gasteiger partial charge on any atom is -0.481 e. The Balaban J connectivity index is 1.52. The molecule has 0 unspecified atom stereocenters. The van der Waals surface area contributed by atoms with Gasteiger partial charge >= 0.3 is 5.97 Å². The molecular formula is C31H40N4O5S2. The van der Waals surface area contributed by atoms with E-state index >= 15 is 0 Å². The average Bonchev–Trinajstić information content (AvgIpc) is 3.42. The highest BCUT2D eigenvalue weighted by Gasteiger charge is 2.41. The number of nitrogens with zero attached hydrogens (tertiary/aromatic N) is 2. The Labute approximate surface area is 252 Å². The minimum atomic E-state index is -3.93. The van der Waals surface area contributed by atoms with E-state index in [-0.39, 0.29) is 42.1 Å². The van der Waals surface area contributed by atoms with Crippen LogP contribution >= 0.6 is 11.3 Å². The zero-order valence-corrected chi connectivity index (χ0v) is 26.2. The molecule has 226 valence electrons. The van der Waals surface area contributed by atoms with Gasteiger partial charge in [-0.15, -0.1) is 11.3 Å². The number of rotatable bonds is 12. The van der Waals surface area contributed by atoms with Gasteiger partial charge in [0.15, 0.2) is 5.13 Å². The fourth-order valence-electron chi connectivity index (χ4n) is 4.99. The predicted molar refractivity (Wildman–Crippen MR) is 165 cm³/mol. The number of aliphatic carboxylic acids is 1. The molecule has 11 heteroatoms. The number of amides is 1. The fourth-order valence-corrected chi connectivity index (χ4v) is 7.42. The van der Waals surface area contributed by atoms with Crippen LogP contribution in [0.4, 0.5) is 5.13 Å². The number of carboxylic acids is 1. The van der Waals surface area contributed by atoms with Crippen molar-refractivity contribution in [3.8, 4) is 0 Å². The lowest BCUT2D eigenvalue weighted by Gasteiger charge is -2.37. The van der Waals surface area contributed by atoms with Crippen molar-refractivity contribution in [2.75, 3.05) is 11.9 Å². The van der Waals surface area contributed by atoms with E-state index in [2.05, 4.69) is 43.3 Å². The molecule has 0 bridgehead atoms. The summed E-state index contributed by atoms with van der Waals surface area (Å²) in [5.41, 5.74) is 3.88. The summed E-state index contributed by atoms with van der Waals surface area (Å²) in [6, 6.07) is 13.9. The standard InChI is InChI=1S/C31H40N4O5S2/c1-20(2)23-7-5-22(6-8-23)18-32-30(38)28-17-25(33-31-34-26(19-41-31)11-14-29(36)37)15-16-35(28)42(39,40)27-12-9-24(10-13-27)21(3)4/h5-10,12-13,19-21,25,28H,11,14-18H2,1-4H3,(H,32,38)(H,33,34)(H,36,37)/t25-,28-/m1/s1. The fraction of sp³-hybridized carbons (Fsp3) is 0.452. The van der Waals surface area contributed by atoms with Crippen molar-refractivity contribution in [3.05, 3.63) is 76.3 Å². The van der Waals surface area contributed by atoms with Gasteiger partial charge in [0.25, 0.3) is 0 Å². The number of hydrogen-bond acceptors (Lipinski definition) is 7. The first-order valence-corrected chi connectivity index (χ1v) is 16.7. The van der Waals surface area contributed by atoms with Gasteiger partial charge in [-0.05, 0) is 53.5 Å². The number of sulfonamides is 1. The van der Waals surface area contributed by atoms with Crippen molar-refractivity contribution in [2.24, 2.45) is 0 Å². The zero-order valence-electron chi connectivity index (χ0n) is 24.5. The van der Waals surface area contributed by atoms with E-state index in [0.29, 0.717) is 36.1 Å².